The van der Waals surface area contributed by atoms with Crippen LogP contribution in [-0.2, 0) is 20.9 Å². The topological polar surface area (TPSA) is 75.7 Å². The molecule has 120 valence electrons. The number of hydrogen-bond donors (Lipinski definition) is 1. The predicted molar refractivity (Wildman–Crippen MR) is 82.2 cm³/mol. The van der Waals surface area contributed by atoms with E-state index < -0.39 is 5.97 Å². The van der Waals surface area contributed by atoms with E-state index in [0.717, 1.165) is 5.56 Å². The van der Waals surface area contributed by atoms with Gasteiger partial charge in [-0.25, -0.2) is 0 Å². The number of benzene rings is 1. The molecule has 0 aliphatic rings. The van der Waals surface area contributed by atoms with Gasteiger partial charge < -0.3 is 15.0 Å². The number of ether oxygens (including phenoxy) is 1. The lowest BCUT2D eigenvalue weighted by Crippen LogP contribution is -2.41. The molecule has 2 amide bonds. The fourth-order valence-corrected chi connectivity index (χ4v) is 1.85. The number of amides is 2. The number of nitrogens with zero attached hydrogens (tertiary/aromatic N) is 1. The normalized spacial score (nSPS) is 10.2. The van der Waals surface area contributed by atoms with E-state index in [1.165, 1.54) is 18.9 Å². The Morgan fingerprint density at radius 3 is 2.23 bits per heavy atom. The third-order valence-corrected chi connectivity index (χ3v) is 3.15. The van der Waals surface area contributed by atoms with E-state index in [4.69, 9.17) is 0 Å². The van der Waals surface area contributed by atoms with Crippen molar-refractivity contribution < 1.29 is 19.1 Å². The Balaban J connectivity index is 2.81. The van der Waals surface area contributed by atoms with Crippen molar-refractivity contribution in [2.45, 2.75) is 33.4 Å². The maximum Gasteiger partial charge on any atom is 0.325 e. The summed E-state index contributed by atoms with van der Waals surface area (Å²) >= 11 is 0. The van der Waals surface area contributed by atoms with Crippen molar-refractivity contribution in [1.29, 1.82) is 0 Å². The number of hydrogen-bond acceptors (Lipinski definition) is 4. The van der Waals surface area contributed by atoms with E-state index in [-0.39, 0.29) is 24.4 Å². The van der Waals surface area contributed by atoms with Crippen molar-refractivity contribution in [3.05, 3.63) is 35.4 Å². The van der Waals surface area contributed by atoms with Crippen molar-refractivity contribution in [3.63, 3.8) is 0 Å². The fourth-order valence-electron chi connectivity index (χ4n) is 1.85. The molecule has 0 saturated heterocycles. The van der Waals surface area contributed by atoms with E-state index >= 15 is 0 Å². The summed E-state index contributed by atoms with van der Waals surface area (Å²) in [7, 11) is 1.29. The molecule has 1 aromatic rings. The molecule has 0 heterocycles. The van der Waals surface area contributed by atoms with Crippen LogP contribution in [-0.4, -0.2) is 42.4 Å². The first-order chi connectivity index (χ1) is 10.3. The minimum atomic E-state index is -0.454. The van der Waals surface area contributed by atoms with Gasteiger partial charge in [0.1, 0.15) is 6.54 Å². The number of carbonyl (C=O) groups is 3. The lowest BCUT2D eigenvalue weighted by Gasteiger charge is -2.25. The third kappa shape index (κ3) is 5.20. The van der Waals surface area contributed by atoms with Gasteiger partial charge in [0.05, 0.1) is 7.11 Å². The molecule has 0 radical (unpaired) electrons. The van der Waals surface area contributed by atoms with Gasteiger partial charge in [0.25, 0.3) is 5.91 Å². The Morgan fingerprint density at radius 2 is 1.77 bits per heavy atom. The van der Waals surface area contributed by atoms with Gasteiger partial charge in [-0.05, 0) is 31.5 Å². The van der Waals surface area contributed by atoms with Crippen molar-refractivity contribution in [2.24, 2.45) is 0 Å². The number of rotatable bonds is 6. The van der Waals surface area contributed by atoms with Gasteiger partial charge >= 0.3 is 5.97 Å². The Labute approximate surface area is 130 Å². The highest BCUT2D eigenvalue weighted by atomic mass is 16.5. The largest absolute Gasteiger partial charge is 0.468 e. The van der Waals surface area contributed by atoms with Gasteiger partial charge in [0, 0.05) is 25.1 Å². The Kier molecular flexibility index (Phi) is 6.56. The summed E-state index contributed by atoms with van der Waals surface area (Å²) in [6, 6.07) is 6.81. The van der Waals surface area contributed by atoms with E-state index in [9.17, 15) is 14.4 Å². The van der Waals surface area contributed by atoms with Crippen LogP contribution in [0.3, 0.4) is 0 Å². The summed E-state index contributed by atoms with van der Waals surface area (Å²) < 4.78 is 4.62. The Bertz CT molecular complexity index is 538. The van der Waals surface area contributed by atoms with Gasteiger partial charge in [0.15, 0.2) is 0 Å². The summed E-state index contributed by atoms with van der Waals surface area (Å²) in [5.74, 6) is -0.792. The maximum absolute atomic E-state index is 12.5. The number of esters is 1. The third-order valence-electron chi connectivity index (χ3n) is 3.15. The first-order valence-electron chi connectivity index (χ1n) is 7.06. The summed E-state index contributed by atoms with van der Waals surface area (Å²) in [5, 5.41) is 2.69. The minimum Gasteiger partial charge on any atom is -0.468 e. The average molecular weight is 306 g/mol. The lowest BCUT2D eigenvalue weighted by molar-refractivity contribution is -0.141. The second-order valence-corrected chi connectivity index (χ2v) is 5.21. The smallest absolute Gasteiger partial charge is 0.325 e. The lowest BCUT2D eigenvalue weighted by atomic mass is 10.1. The highest BCUT2D eigenvalue weighted by molar-refractivity contribution is 5.96. The zero-order chi connectivity index (χ0) is 16.7. The molecule has 0 aliphatic carbocycles. The Hall–Kier alpha value is -2.37. The summed E-state index contributed by atoms with van der Waals surface area (Å²) in [5.41, 5.74) is 1.39. The second-order valence-electron chi connectivity index (χ2n) is 5.21. The molecule has 0 unspecified atom stereocenters. The van der Waals surface area contributed by atoms with Gasteiger partial charge in [-0.15, -0.1) is 0 Å². The molecule has 0 bridgehead atoms. The molecule has 1 aromatic carbocycles. The molecular weight excluding hydrogens is 284 g/mol. The molecule has 0 saturated carbocycles. The van der Waals surface area contributed by atoms with Crippen LogP contribution < -0.4 is 5.32 Å². The Morgan fingerprint density at radius 1 is 1.18 bits per heavy atom. The van der Waals surface area contributed by atoms with E-state index in [1.54, 1.807) is 24.3 Å². The van der Waals surface area contributed by atoms with Gasteiger partial charge in [-0.2, -0.15) is 0 Å². The SMILES string of the molecule is COC(=O)CN(C(=O)c1ccc(CNC(C)=O)cc1)C(C)C. The summed E-state index contributed by atoms with van der Waals surface area (Å²) in [6.45, 7) is 5.46. The van der Waals surface area contributed by atoms with Crippen molar-refractivity contribution in [3.8, 4) is 0 Å². The molecular formula is C16H22N2O4. The van der Waals surface area contributed by atoms with Crippen LogP contribution >= 0.6 is 0 Å². The quantitative estimate of drug-likeness (QED) is 0.805. The molecule has 1 N–H and O–H groups in total. The van der Waals surface area contributed by atoms with Crippen LogP contribution in [0.1, 0.15) is 36.7 Å². The molecule has 0 aromatic heterocycles. The molecule has 6 nitrogen and oxygen atoms in total. The maximum atomic E-state index is 12.5. The highest BCUT2D eigenvalue weighted by Crippen LogP contribution is 2.10. The van der Waals surface area contributed by atoms with Crippen molar-refractivity contribution in [2.75, 3.05) is 13.7 Å². The zero-order valence-electron chi connectivity index (χ0n) is 13.4. The van der Waals surface area contributed by atoms with Gasteiger partial charge in [-0.1, -0.05) is 12.1 Å². The summed E-state index contributed by atoms with van der Waals surface area (Å²) in [4.78, 5) is 36.2. The molecule has 0 spiro atoms. The second kappa shape index (κ2) is 8.17. The average Bonchev–Trinajstić information content (AvgIpc) is 2.49. The van der Waals surface area contributed by atoms with Gasteiger partial charge in [-0.3, -0.25) is 14.4 Å². The predicted octanol–water partition coefficient (Wildman–Crippen LogP) is 1.35. The molecule has 1 rings (SSSR count). The molecule has 0 atom stereocenters. The summed E-state index contributed by atoms with van der Waals surface area (Å²) in [6.07, 6.45) is 0. The highest BCUT2D eigenvalue weighted by Gasteiger charge is 2.21. The van der Waals surface area contributed by atoms with Crippen LogP contribution in [0.5, 0.6) is 0 Å². The van der Waals surface area contributed by atoms with Crippen LogP contribution in [0, 0.1) is 0 Å². The first kappa shape index (κ1) is 17.7. The van der Waals surface area contributed by atoms with Crippen LogP contribution in [0.25, 0.3) is 0 Å². The first-order valence-corrected chi connectivity index (χ1v) is 7.06. The molecule has 0 fully saturated rings. The molecule has 0 aliphatic heterocycles. The molecule has 6 heteroatoms. The monoisotopic (exact) mass is 306 g/mol. The van der Waals surface area contributed by atoms with Crippen LogP contribution in [0.4, 0.5) is 0 Å². The number of nitrogens with one attached hydrogen (secondary N) is 1. The fraction of sp³-hybridized carbons (Fsp3) is 0.438. The van der Waals surface area contributed by atoms with Crippen molar-refractivity contribution >= 4 is 17.8 Å². The standard InChI is InChI=1S/C16H22N2O4/c1-11(2)18(10-15(20)22-4)16(21)14-7-5-13(6-8-14)9-17-12(3)19/h5-8,11H,9-10H2,1-4H3,(H,17,19). The minimum absolute atomic E-state index is 0.0827. The van der Waals surface area contributed by atoms with Crippen LogP contribution in [0.15, 0.2) is 24.3 Å². The van der Waals surface area contributed by atoms with E-state index in [2.05, 4.69) is 10.1 Å². The van der Waals surface area contributed by atoms with E-state index in [0.29, 0.717) is 12.1 Å². The van der Waals surface area contributed by atoms with Crippen LogP contribution in [0.2, 0.25) is 0 Å². The number of methoxy groups -OCH3 is 1. The molecule has 22 heavy (non-hydrogen) atoms. The van der Waals surface area contributed by atoms with Crippen molar-refractivity contribution in [1.82, 2.24) is 10.2 Å². The number of carbonyl (C=O) groups excluding carboxylic acids is 3. The van der Waals surface area contributed by atoms with Gasteiger partial charge in [0.2, 0.25) is 5.91 Å². The zero-order valence-corrected chi connectivity index (χ0v) is 13.4. The van der Waals surface area contributed by atoms with E-state index in [1.807, 2.05) is 13.8 Å².